The Morgan fingerprint density at radius 3 is 2.25 bits per heavy atom. The molecule has 0 aliphatic carbocycles. The van der Waals surface area contributed by atoms with E-state index in [1.807, 2.05) is 103 Å². The highest BCUT2D eigenvalue weighted by Crippen LogP contribution is 2.55. The second-order valence-corrected chi connectivity index (χ2v) is 8.43. The van der Waals surface area contributed by atoms with E-state index in [2.05, 4.69) is 12.1 Å². The lowest BCUT2D eigenvalue weighted by atomic mass is 9.69. The van der Waals surface area contributed by atoms with Crippen molar-refractivity contribution in [3.63, 3.8) is 0 Å². The third kappa shape index (κ3) is 2.77. The molecule has 32 heavy (non-hydrogen) atoms. The first-order chi connectivity index (χ1) is 15.6. The van der Waals surface area contributed by atoms with Gasteiger partial charge in [-0.05, 0) is 24.1 Å². The topological polar surface area (TPSA) is 67.9 Å². The first-order valence-electron chi connectivity index (χ1n) is 10.6. The maximum atomic E-state index is 14.0. The van der Waals surface area contributed by atoms with E-state index >= 15 is 0 Å². The van der Waals surface area contributed by atoms with Gasteiger partial charge < -0.3 is 4.90 Å². The molecule has 1 saturated heterocycles. The molecule has 3 atom stereocenters. The second kappa shape index (κ2) is 7.52. The SMILES string of the molecule is Cc1ccc(C(=O)[C@@H]2[C@@H](c3ccccc3)C(C#N)(C#N)[C@H]3C=Cc4ccccc4N23)cc1. The minimum absolute atomic E-state index is 0.0821. The van der Waals surface area contributed by atoms with Gasteiger partial charge in [0.25, 0.3) is 0 Å². The summed E-state index contributed by atoms with van der Waals surface area (Å²) in [5.41, 5.74) is 2.92. The maximum absolute atomic E-state index is 14.0. The minimum Gasteiger partial charge on any atom is -0.351 e. The van der Waals surface area contributed by atoms with E-state index in [0.717, 1.165) is 22.4 Å². The van der Waals surface area contributed by atoms with Crippen molar-refractivity contribution in [2.75, 3.05) is 4.90 Å². The molecule has 2 heterocycles. The van der Waals surface area contributed by atoms with E-state index in [9.17, 15) is 15.3 Å². The molecule has 2 aliphatic rings. The van der Waals surface area contributed by atoms with Gasteiger partial charge in [0.1, 0.15) is 6.04 Å². The molecule has 4 nitrogen and oxygen atoms in total. The Balaban J connectivity index is 1.78. The van der Waals surface area contributed by atoms with Crippen molar-refractivity contribution in [2.24, 2.45) is 5.41 Å². The number of nitriles is 2. The van der Waals surface area contributed by atoms with Crippen LogP contribution in [0.2, 0.25) is 0 Å². The van der Waals surface area contributed by atoms with Crippen LogP contribution in [-0.2, 0) is 0 Å². The molecule has 154 valence electrons. The van der Waals surface area contributed by atoms with Gasteiger partial charge in [0.2, 0.25) is 0 Å². The van der Waals surface area contributed by atoms with Crippen molar-refractivity contribution >= 4 is 17.5 Å². The summed E-state index contributed by atoms with van der Waals surface area (Å²) in [6, 6.07) is 28.3. The molecule has 3 aromatic carbocycles. The van der Waals surface area contributed by atoms with E-state index < -0.39 is 23.4 Å². The maximum Gasteiger partial charge on any atom is 0.185 e. The largest absolute Gasteiger partial charge is 0.351 e. The number of nitrogens with zero attached hydrogens (tertiary/aromatic N) is 3. The Morgan fingerprint density at radius 1 is 0.906 bits per heavy atom. The van der Waals surface area contributed by atoms with Gasteiger partial charge in [-0.3, -0.25) is 4.79 Å². The molecule has 5 rings (SSSR count). The van der Waals surface area contributed by atoms with Crippen molar-refractivity contribution in [1.82, 2.24) is 0 Å². The van der Waals surface area contributed by atoms with Gasteiger partial charge in [0.05, 0.1) is 18.2 Å². The van der Waals surface area contributed by atoms with Crippen LogP contribution in [0.3, 0.4) is 0 Å². The van der Waals surface area contributed by atoms with Crippen molar-refractivity contribution < 1.29 is 4.79 Å². The molecule has 0 N–H and O–H groups in total. The number of ketones is 1. The van der Waals surface area contributed by atoms with Gasteiger partial charge in [-0.1, -0.05) is 90.5 Å². The Morgan fingerprint density at radius 2 is 1.56 bits per heavy atom. The van der Waals surface area contributed by atoms with Crippen LogP contribution < -0.4 is 4.90 Å². The summed E-state index contributed by atoms with van der Waals surface area (Å²) in [6.45, 7) is 1.98. The predicted octanol–water partition coefficient (Wildman–Crippen LogP) is 5.28. The molecular formula is C28H21N3O. The quantitative estimate of drug-likeness (QED) is 0.546. The van der Waals surface area contributed by atoms with Gasteiger partial charge >= 0.3 is 0 Å². The Labute approximate surface area is 187 Å². The number of carbonyl (C=O) groups is 1. The molecule has 0 bridgehead atoms. The fourth-order valence-corrected chi connectivity index (χ4v) is 5.16. The van der Waals surface area contributed by atoms with Crippen molar-refractivity contribution in [1.29, 1.82) is 10.5 Å². The fraction of sp³-hybridized carbons (Fsp3) is 0.179. The molecule has 0 radical (unpaired) electrons. The van der Waals surface area contributed by atoms with Crippen LogP contribution in [0.25, 0.3) is 6.08 Å². The summed E-state index contributed by atoms with van der Waals surface area (Å²) in [5, 5.41) is 20.8. The standard InChI is InChI=1S/C28H21N3O/c1-19-11-13-22(14-12-19)27(32)26-25(21-8-3-2-4-9-21)28(17-29,18-30)24-16-15-20-7-5-6-10-23(20)31(24)26/h2-16,24-26H,1H3/t24-,25-,26+/m1/s1. The highest BCUT2D eigenvalue weighted by atomic mass is 16.1. The third-order valence-electron chi connectivity index (χ3n) is 6.68. The molecular weight excluding hydrogens is 394 g/mol. The molecule has 2 aliphatic heterocycles. The van der Waals surface area contributed by atoms with Crippen LogP contribution in [0.5, 0.6) is 0 Å². The number of aryl methyl sites for hydroxylation is 1. The van der Waals surface area contributed by atoms with E-state index in [1.165, 1.54) is 0 Å². The minimum atomic E-state index is -1.41. The summed E-state index contributed by atoms with van der Waals surface area (Å²) in [7, 11) is 0. The van der Waals surface area contributed by atoms with Crippen LogP contribution in [0, 0.1) is 35.0 Å². The first kappa shape index (κ1) is 19.8. The van der Waals surface area contributed by atoms with E-state index in [-0.39, 0.29) is 5.78 Å². The second-order valence-electron chi connectivity index (χ2n) is 8.43. The summed E-state index contributed by atoms with van der Waals surface area (Å²) in [5.74, 6) is -0.686. The normalized spacial score (nSPS) is 22.3. The lowest BCUT2D eigenvalue weighted by Crippen LogP contribution is -2.44. The van der Waals surface area contributed by atoms with Crippen LogP contribution in [0.15, 0.2) is 84.9 Å². The Hall–Kier alpha value is -4.15. The van der Waals surface area contributed by atoms with Crippen LogP contribution in [-0.4, -0.2) is 17.9 Å². The number of hydrogen-bond acceptors (Lipinski definition) is 4. The zero-order valence-electron chi connectivity index (χ0n) is 17.6. The lowest BCUT2D eigenvalue weighted by molar-refractivity contribution is 0.0951. The van der Waals surface area contributed by atoms with Gasteiger partial charge in [-0.15, -0.1) is 0 Å². The number of Topliss-reactive ketones (excluding diaryl/α,β-unsaturated/α-hetero) is 1. The smallest absolute Gasteiger partial charge is 0.185 e. The number of benzene rings is 3. The predicted molar refractivity (Wildman–Crippen MR) is 124 cm³/mol. The summed E-state index contributed by atoms with van der Waals surface area (Å²) < 4.78 is 0. The molecule has 0 spiro atoms. The highest BCUT2D eigenvalue weighted by Gasteiger charge is 2.63. The first-order valence-corrected chi connectivity index (χ1v) is 10.6. The summed E-state index contributed by atoms with van der Waals surface area (Å²) >= 11 is 0. The van der Waals surface area contributed by atoms with Gasteiger partial charge in [0.15, 0.2) is 11.2 Å². The van der Waals surface area contributed by atoms with E-state index in [4.69, 9.17) is 0 Å². The lowest BCUT2D eigenvalue weighted by Gasteiger charge is -2.35. The molecule has 0 saturated carbocycles. The Bertz CT molecular complexity index is 1280. The number of hydrogen-bond donors (Lipinski definition) is 0. The number of fused-ring (bicyclic) bond motifs is 3. The molecule has 0 unspecified atom stereocenters. The van der Waals surface area contributed by atoms with Crippen LogP contribution >= 0.6 is 0 Å². The van der Waals surface area contributed by atoms with Crippen molar-refractivity contribution in [2.45, 2.75) is 24.9 Å². The van der Waals surface area contributed by atoms with Gasteiger partial charge in [-0.25, -0.2) is 0 Å². The van der Waals surface area contributed by atoms with Gasteiger partial charge in [-0.2, -0.15) is 10.5 Å². The van der Waals surface area contributed by atoms with Crippen LogP contribution in [0.1, 0.15) is 33.0 Å². The average molecular weight is 415 g/mol. The summed E-state index contributed by atoms with van der Waals surface area (Å²) in [4.78, 5) is 16.0. The fourth-order valence-electron chi connectivity index (χ4n) is 5.16. The van der Waals surface area contributed by atoms with Crippen molar-refractivity contribution in [3.8, 4) is 12.1 Å². The van der Waals surface area contributed by atoms with Crippen LogP contribution in [0.4, 0.5) is 5.69 Å². The molecule has 4 heteroatoms. The average Bonchev–Trinajstić information content (AvgIpc) is 3.15. The molecule has 3 aromatic rings. The van der Waals surface area contributed by atoms with Crippen molar-refractivity contribution in [3.05, 3.63) is 107 Å². The van der Waals surface area contributed by atoms with Gasteiger partial charge in [0, 0.05) is 17.2 Å². The highest BCUT2D eigenvalue weighted by molar-refractivity contribution is 6.04. The Kier molecular flexibility index (Phi) is 4.65. The van der Waals surface area contributed by atoms with E-state index in [0.29, 0.717) is 5.56 Å². The molecule has 0 aromatic heterocycles. The number of carbonyl (C=O) groups excluding carboxylic acids is 1. The third-order valence-corrected chi connectivity index (χ3v) is 6.68. The van der Waals surface area contributed by atoms with E-state index in [1.54, 1.807) is 0 Å². The number of para-hydroxylation sites is 1. The number of rotatable bonds is 3. The molecule has 1 fully saturated rings. The number of anilines is 1. The monoisotopic (exact) mass is 415 g/mol. The zero-order chi connectivity index (χ0) is 22.3. The zero-order valence-corrected chi connectivity index (χ0v) is 17.6. The molecule has 0 amide bonds. The summed E-state index contributed by atoms with van der Waals surface area (Å²) in [6.07, 6.45) is 3.87.